The van der Waals surface area contributed by atoms with Gasteiger partial charge in [0.05, 0.1) is 5.02 Å². The molecule has 0 fully saturated rings. The standard InChI is InChI=1S/C13H10BrClN2OS/c1-8(18)17-10-2-4-11(5-3-10)19-13-12(15)6-9(14)7-16-13/h2-7H,1H3,(H,17,18). The lowest BCUT2D eigenvalue weighted by atomic mass is 10.3. The number of hydrogen-bond acceptors (Lipinski definition) is 3. The average molecular weight is 358 g/mol. The molecule has 1 aromatic carbocycles. The highest BCUT2D eigenvalue weighted by Gasteiger charge is 2.05. The first-order valence-corrected chi connectivity index (χ1v) is 7.40. The molecule has 98 valence electrons. The second-order valence-corrected chi connectivity index (χ2v) is 6.13. The summed E-state index contributed by atoms with van der Waals surface area (Å²) in [6.45, 7) is 1.48. The van der Waals surface area contributed by atoms with E-state index in [4.69, 9.17) is 11.6 Å². The number of pyridine rings is 1. The third kappa shape index (κ3) is 4.23. The molecule has 0 saturated carbocycles. The van der Waals surface area contributed by atoms with E-state index in [0.29, 0.717) is 5.02 Å². The maximum Gasteiger partial charge on any atom is 0.221 e. The summed E-state index contributed by atoms with van der Waals surface area (Å²) in [5, 5.41) is 4.07. The maximum absolute atomic E-state index is 10.9. The normalized spacial score (nSPS) is 10.3. The molecule has 2 rings (SSSR count). The van der Waals surface area contributed by atoms with Gasteiger partial charge in [-0.15, -0.1) is 0 Å². The Kier molecular flexibility index (Phi) is 4.85. The minimum absolute atomic E-state index is 0.0852. The van der Waals surface area contributed by atoms with Crippen LogP contribution in [0, 0.1) is 0 Å². The Morgan fingerprint density at radius 3 is 2.63 bits per heavy atom. The molecule has 2 aromatic rings. The van der Waals surface area contributed by atoms with E-state index in [0.717, 1.165) is 20.1 Å². The molecule has 1 amide bonds. The van der Waals surface area contributed by atoms with Gasteiger partial charge >= 0.3 is 0 Å². The summed E-state index contributed by atoms with van der Waals surface area (Å²) in [5.41, 5.74) is 0.770. The second kappa shape index (κ2) is 6.41. The molecule has 0 aliphatic heterocycles. The van der Waals surface area contributed by atoms with E-state index in [1.165, 1.54) is 18.7 Å². The number of halogens is 2. The highest BCUT2D eigenvalue weighted by molar-refractivity contribution is 9.10. The van der Waals surface area contributed by atoms with Crippen molar-refractivity contribution in [2.75, 3.05) is 5.32 Å². The molecule has 0 unspecified atom stereocenters. The van der Waals surface area contributed by atoms with Crippen LogP contribution in [0.2, 0.25) is 5.02 Å². The van der Waals surface area contributed by atoms with Gasteiger partial charge in [0.15, 0.2) is 0 Å². The van der Waals surface area contributed by atoms with Crippen LogP contribution in [0.1, 0.15) is 6.92 Å². The summed E-state index contributed by atoms with van der Waals surface area (Å²) >= 11 is 10.9. The topological polar surface area (TPSA) is 42.0 Å². The predicted octanol–water partition coefficient (Wildman–Crippen LogP) is 4.61. The Hall–Kier alpha value is -1.04. The number of nitrogens with zero attached hydrogens (tertiary/aromatic N) is 1. The van der Waals surface area contributed by atoms with Crippen LogP contribution in [0.5, 0.6) is 0 Å². The molecule has 0 saturated heterocycles. The quantitative estimate of drug-likeness (QED) is 0.872. The fourth-order valence-corrected chi connectivity index (χ4v) is 2.90. The van der Waals surface area contributed by atoms with Crippen molar-refractivity contribution < 1.29 is 4.79 Å². The van der Waals surface area contributed by atoms with Gasteiger partial charge in [-0.2, -0.15) is 0 Å². The Bertz CT molecular complexity index is 604. The molecular formula is C13H10BrClN2OS. The van der Waals surface area contributed by atoms with Gasteiger partial charge in [0.2, 0.25) is 5.91 Å². The van der Waals surface area contributed by atoms with Gasteiger partial charge in [-0.25, -0.2) is 4.98 Å². The van der Waals surface area contributed by atoms with Crippen molar-refractivity contribution in [3.63, 3.8) is 0 Å². The van der Waals surface area contributed by atoms with Gasteiger partial charge in [0.25, 0.3) is 0 Å². The number of aromatic nitrogens is 1. The molecule has 3 nitrogen and oxygen atoms in total. The number of benzene rings is 1. The minimum Gasteiger partial charge on any atom is -0.326 e. The Labute approximate surface area is 128 Å². The third-order valence-electron chi connectivity index (χ3n) is 2.16. The zero-order chi connectivity index (χ0) is 13.8. The molecule has 19 heavy (non-hydrogen) atoms. The first kappa shape index (κ1) is 14.4. The molecule has 1 N–H and O–H groups in total. The van der Waals surface area contributed by atoms with E-state index in [1.807, 2.05) is 30.3 Å². The van der Waals surface area contributed by atoms with Gasteiger partial charge < -0.3 is 5.32 Å². The Morgan fingerprint density at radius 2 is 2.05 bits per heavy atom. The molecule has 0 aliphatic carbocycles. The predicted molar refractivity (Wildman–Crippen MR) is 81.8 cm³/mol. The van der Waals surface area contributed by atoms with E-state index in [9.17, 15) is 4.79 Å². The lowest BCUT2D eigenvalue weighted by Gasteiger charge is -2.05. The van der Waals surface area contributed by atoms with Gasteiger partial charge in [0.1, 0.15) is 5.03 Å². The molecule has 1 heterocycles. The minimum atomic E-state index is -0.0852. The Balaban J connectivity index is 2.13. The smallest absolute Gasteiger partial charge is 0.221 e. The molecule has 0 aliphatic rings. The van der Waals surface area contributed by atoms with Crippen molar-refractivity contribution >= 4 is 50.9 Å². The van der Waals surface area contributed by atoms with Crippen LogP contribution >= 0.6 is 39.3 Å². The molecule has 1 aromatic heterocycles. The number of carbonyl (C=O) groups excluding carboxylic acids is 1. The summed E-state index contributed by atoms with van der Waals surface area (Å²) < 4.78 is 0.850. The van der Waals surface area contributed by atoms with Crippen LogP contribution in [-0.4, -0.2) is 10.9 Å². The van der Waals surface area contributed by atoms with Gasteiger partial charge in [0, 0.05) is 28.2 Å². The number of carbonyl (C=O) groups is 1. The zero-order valence-electron chi connectivity index (χ0n) is 9.98. The fourth-order valence-electron chi connectivity index (χ4n) is 1.40. The summed E-state index contributed by atoms with van der Waals surface area (Å²) in [6, 6.07) is 9.32. The van der Waals surface area contributed by atoms with Crippen molar-refractivity contribution in [2.24, 2.45) is 0 Å². The first-order chi connectivity index (χ1) is 9.04. The number of anilines is 1. The number of amides is 1. The van der Waals surface area contributed by atoms with E-state index >= 15 is 0 Å². The summed E-state index contributed by atoms with van der Waals surface area (Å²) in [7, 11) is 0. The summed E-state index contributed by atoms with van der Waals surface area (Å²) in [5.74, 6) is -0.0852. The van der Waals surface area contributed by atoms with E-state index in [1.54, 1.807) is 6.20 Å². The highest BCUT2D eigenvalue weighted by Crippen LogP contribution is 2.33. The van der Waals surface area contributed by atoms with Crippen molar-refractivity contribution in [3.8, 4) is 0 Å². The van der Waals surface area contributed by atoms with Crippen molar-refractivity contribution in [1.29, 1.82) is 0 Å². The van der Waals surface area contributed by atoms with Crippen LogP contribution < -0.4 is 5.32 Å². The molecule has 0 radical (unpaired) electrons. The van der Waals surface area contributed by atoms with Crippen LogP contribution in [0.4, 0.5) is 5.69 Å². The van der Waals surface area contributed by atoms with E-state index < -0.39 is 0 Å². The summed E-state index contributed by atoms with van der Waals surface area (Å²) in [4.78, 5) is 16.2. The van der Waals surface area contributed by atoms with Gasteiger partial charge in [-0.05, 0) is 46.3 Å². The molecule has 0 bridgehead atoms. The monoisotopic (exact) mass is 356 g/mol. The SMILES string of the molecule is CC(=O)Nc1ccc(Sc2ncc(Br)cc2Cl)cc1. The van der Waals surface area contributed by atoms with Crippen LogP contribution in [-0.2, 0) is 4.79 Å². The highest BCUT2D eigenvalue weighted by atomic mass is 79.9. The van der Waals surface area contributed by atoms with Crippen molar-refractivity contribution in [2.45, 2.75) is 16.8 Å². The molecule has 0 spiro atoms. The third-order valence-corrected chi connectivity index (χ3v) is 4.02. The van der Waals surface area contributed by atoms with Crippen LogP contribution in [0.25, 0.3) is 0 Å². The maximum atomic E-state index is 10.9. The molecule has 6 heteroatoms. The average Bonchev–Trinajstić information content (AvgIpc) is 2.34. The lowest BCUT2D eigenvalue weighted by Crippen LogP contribution is -2.05. The van der Waals surface area contributed by atoms with E-state index in [2.05, 4.69) is 26.2 Å². The van der Waals surface area contributed by atoms with Crippen molar-refractivity contribution in [1.82, 2.24) is 4.98 Å². The molecular weight excluding hydrogens is 348 g/mol. The first-order valence-electron chi connectivity index (χ1n) is 5.41. The van der Waals surface area contributed by atoms with Crippen LogP contribution in [0.3, 0.4) is 0 Å². The number of nitrogens with one attached hydrogen (secondary N) is 1. The number of rotatable bonds is 3. The lowest BCUT2D eigenvalue weighted by molar-refractivity contribution is -0.114. The van der Waals surface area contributed by atoms with E-state index in [-0.39, 0.29) is 5.91 Å². The fraction of sp³-hybridized carbons (Fsp3) is 0.0769. The molecule has 0 atom stereocenters. The van der Waals surface area contributed by atoms with Crippen LogP contribution in [0.15, 0.2) is 50.9 Å². The largest absolute Gasteiger partial charge is 0.326 e. The second-order valence-electron chi connectivity index (χ2n) is 3.75. The Morgan fingerprint density at radius 1 is 1.37 bits per heavy atom. The summed E-state index contributed by atoms with van der Waals surface area (Å²) in [6.07, 6.45) is 1.71. The number of hydrogen-bond donors (Lipinski definition) is 1. The van der Waals surface area contributed by atoms with Crippen molar-refractivity contribution in [3.05, 3.63) is 46.0 Å². The van der Waals surface area contributed by atoms with Gasteiger partial charge in [-0.3, -0.25) is 4.79 Å². The van der Waals surface area contributed by atoms with Gasteiger partial charge in [-0.1, -0.05) is 23.4 Å². The zero-order valence-corrected chi connectivity index (χ0v) is 13.1.